The van der Waals surface area contributed by atoms with Crippen LogP contribution in [0, 0.1) is 11.8 Å². The van der Waals surface area contributed by atoms with Gasteiger partial charge in [-0.3, -0.25) is 0 Å². The molecule has 1 heteroatoms. The number of rotatable bonds is 6. The smallest absolute Gasteiger partial charge is 0.0542 e. The van der Waals surface area contributed by atoms with Gasteiger partial charge in [0.1, 0.15) is 0 Å². The lowest BCUT2D eigenvalue weighted by molar-refractivity contribution is 0.0873. The molecule has 3 atom stereocenters. The Hall–Kier alpha value is -0.300. The summed E-state index contributed by atoms with van der Waals surface area (Å²) in [6.07, 6.45) is 5.53. The lowest BCUT2D eigenvalue weighted by Crippen LogP contribution is -2.23. The SMILES string of the molecule is CCC(C(C)O)C(C)CCC=C(C)C. The second-order valence-electron chi connectivity index (χ2n) is 4.65. The molecule has 0 saturated carbocycles. The van der Waals surface area contributed by atoms with Gasteiger partial charge >= 0.3 is 0 Å². The first-order valence-corrected chi connectivity index (χ1v) is 5.80. The first-order chi connectivity index (χ1) is 6.49. The molecule has 0 saturated heterocycles. The van der Waals surface area contributed by atoms with Gasteiger partial charge in [-0.25, -0.2) is 0 Å². The second-order valence-corrected chi connectivity index (χ2v) is 4.65. The molecule has 0 aromatic rings. The minimum absolute atomic E-state index is 0.165. The van der Waals surface area contributed by atoms with Crippen LogP contribution >= 0.6 is 0 Å². The molecule has 14 heavy (non-hydrogen) atoms. The van der Waals surface area contributed by atoms with E-state index in [1.54, 1.807) is 0 Å². The summed E-state index contributed by atoms with van der Waals surface area (Å²) in [4.78, 5) is 0. The van der Waals surface area contributed by atoms with Crippen LogP contribution in [0.5, 0.6) is 0 Å². The Kier molecular flexibility index (Phi) is 6.90. The molecule has 0 bridgehead atoms. The molecule has 1 nitrogen and oxygen atoms in total. The highest BCUT2D eigenvalue weighted by Gasteiger charge is 2.19. The van der Waals surface area contributed by atoms with Crippen molar-refractivity contribution in [3.63, 3.8) is 0 Å². The molecule has 0 rings (SSSR count). The highest BCUT2D eigenvalue weighted by Crippen LogP contribution is 2.24. The van der Waals surface area contributed by atoms with Crippen molar-refractivity contribution in [2.24, 2.45) is 11.8 Å². The van der Waals surface area contributed by atoms with Gasteiger partial charge in [-0.05, 0) is 45.4 Å². The Bertz CT molecular complexity index is 166. The van der Waals surface area contributed by atoms with Crippen LogP contribution in [0.1, 0.15) is 53.9 Å². The largest absolute Gasteiger partial charge is 0.393 e. The van der Waals surface area contributed by atoms with Crippen LogP contribution in [0.25, 0.3) is 0 Å². The van der Waals surface area contributed by atoms with E-state index in [1.165, 1.54) is 12.0 Å². The average molecular weight is 198 g/mol. The molecule has 3 unspecified atom stereocenters. The molecule has 0 spiro atoms. The Morgan fingerprint density at radius 2 is 1.86 bits per heavy atom. The third kappa shape index (κ3) is 5.43. The molecule has 0 aliphatic rings. The summed E-state index contributed by atoms with van der Waals surface area (Å²) in [5.41, 5.74) is 1.39. The van der Waals surface area contributed by atoms with Gasteiger partial charge in [0.25, 0.3) is 0 Å². The van der Waals surface area contributed by atoms with Gasteiger partial charge in [-0.15, -0.1) is 0 Å². The molecular formula is C13H26O. The maximum Gasteiger partial charge on any atom is 0.0542 e. The molecule has 0 aliphatic heterocycles. The zero-order chi connectivity index (χ0) is 11.1. The van der Waals surface area contributed by atoms with E-state index in [-0.39, 0.29) is 6.10 Å². The fourth-order valence-corrected chi connectivity index (χ4v) is 2.07. The molecular weight excluding hydrogens is 172 g/mol. The Morgan fingerprint density at radius 3 is 2.21 bits per heavy atom. The van der Waals surface area contributed by atoms with E-state index in [4.69, 9.17) is 0 Å². The molecule has 84 valence electrons. The lowest BCUT2D eigenvalue weighted by atomic mass is 9.84. The van der Waals surface area contributed by atoms with E-state index in [0.717, 1.165) is 12.8 Å². The van der Waals surface area contributed by atoms with Gasteiger partial charge < -0.3 is 5.11 Å². The number of aliphatic hydroxyl groups excluding tert-OH is 1. The summed E-state index contributed by atoms with van der Waals surface area (Å²) >= 11 is 0. The molecule has 0 aromatic carbocycles. The van der Waals surface area contributed by atoms with Gasteiger partial charge in [0.2, 0.25) is 0 Å². The van der Waals surface area contributed by atoms with Crippen molar-refractivity contribution >= 4 is 0 Å². The van der Waals surface area contributed by atoms with E-state index >= 15 is 0 Å². The third-order valence-electron chi connectivity index (χ3n) is 3.00. The van der Waals surface area contributed by atoms with Crippen molar-refractivity contribution in [3.8, 4) is 0 Å². The molecule has 1 N–H and O–H groups in total. The van der Waals surface area contributed by atoms with Crippen LogP contribution in [0.15, 0.2) is 11.6 Å². The first-order valence-electron chi connectivity index (χ1n) is 5.80. The van der Waals surface area contributed by atoms with E-state index in [2.05, 4.69) is 33.8 Å². The van der Waals surface area contributed by atoms with Gasteiger partial charge in [-0.1, -0.05) is 31.9 Å². The molecule has 0 amide bonds. The predicted octanol–water partition coefficient (Wildman–Crippen LogP) is 3.78. The van der Waals surface area contributed by atoms with E-state index < -0.39 is 0 Å². The van der Waals surface area contributed by atoms with Gasteiger partial charge in [0.05, 0.1) is 6.10 Å². The third-order valence-corrected chi connectivity index (χ3v) is 3.00. The van der Waals surface area contributed by atoms with Gasteiger partial charge in [0.15, 0.2) is 0 Å². The summed E-state index contributed by atoms with van der Waals surface area (Å²) < 4.78 is 0. The summed E-state index contributed by atoms with van der Waals surface area (Å²) in [7, 11) is 0. The van der Waals surface area contributed by atoms with Crippen LogP contribution in [0.2, 0.25) is 0 Å². The number of hydrogen-bond acceptors (Lipinski definition) is 1. The maximum absolute atomic E-state index is 9.58. The summed E-state index contributed by atoms with van der Waals surface area (Å²) in [6, 6.07) is 0. The van der Waals surface area contributed by atoms with Crippen molar-refractivity contribution < 1.29 is 5.11 Å². The first kappa shape index (κ1) is 13.7. The van der Waals surface area contributed by atoms with E-state index in [9.17, 15) is 5.11 Å². The van der Waals surface area contributed by atoms with Crippen LogP contribution in [0.4, 0.5) is 0 Å². The van der Waals surface area contributed by atoms with Gasteiger partial charge in [-0.2, -0.15) is 0 Å². The van der Waals surface area contributed by atoms with Crippen LogP contribution < -0.4 is 0 Å². The van der Waals surface area contributed by atoms with Crippen LogP contribution in [-0.2, 0) is 0 Å². The van der Waals surface area contributed by atoms with E-state index in [0.29, 0.717) is 11.8 Å². The summed E-state index contributed by atoms with van der Waals surface area (Å²) in [6.45, 7) is 10.6. The normalized spacial score (nSPS) is 17.3. The number of hydrogen-bond donors (Lipinski definition) is 1. The minimum atomic E-state index is -0.165. The fourth-order valence-electron chi connectivity index (χ4n) is 2.07. The zero-order valence-electron chi connectivity index (χ0n) is 10.4. The highest BCUT2D eigenvalue weighted by atomic mass is 16.3. The van der Waals surface area contributed by atoms with Crippen molar-refractivity contribution in [3.05, 3.63) is 11.6 Å². The molecule has 0 fully saturated rings. The standard InChI is InChI=1S/C13H26O/c1-6-13(12(5)14)11(4)9-7-8-10(2)3/h8,11-14H,6-7,9H2,1-5H3. The van der Waals surface area contributed by atoms with E-state index in [1.807, 2.05) is 6.92 Å². The van der Waals surface area contributed by atoms with Crippen molar-refractivity contribution in [1.82, 2.24) is 0 Å². The fraction of sp³-hybridized carbons (Fsp3) is 0.846. The monoisotopic (exact) mass is 198 g/mol. The Labute approximate surface area is 89.2 Å². The summed E-state index contributed by atoms with van der Waals surface area (Å²) in [5, 5.41) is 9.58. The van der Waals surface area contributed by atoms with Crippen molar-refractivity contribution in [1.29, 1.82) is 0 Å². The highest BCUT2D eigenvalue weighted by molar-refractivity contribution is 4.93. The molecule has 0 radical (unpaired) electrons. The average Bonchev–Trinajstić information content (AvgIpc) is 2.03. The summed E-state index contributed by atoms with van der Waals surface area (Å²) in [5.74, 6) is 1.08. The van der Waals surface area contributed by atoms with Crippen molar-refractivity contribution in [2.45, 2.75) is 60.0 Å². The molecule has 0 aromatic heterocycles. The topological polar surface area (TPSA) is 20.2 Å². The number of allylic oxidation sites excluding steroid dienone is 2. The van der Waals surface area contributed by atoms with Gasteiger partial charge in [0, 0.05) is 0 Å². The Balaban J connectivity index is 3.92. The molecule has 0 heterocycles. The minimum Gasteiger partial charge on any atom is -0.393 e. The predicted molar refractivity (Wildman–Crippen MR) is 63.3 cm³/mol. The van der Waals surface area contributed by atoms with Crippen LogP contribution in [0.3, 0.4) is 0 Å². The lowest BCUT2D eigenvalue weighted by Gasteiger charge is -2.24. The van der Waals surface area contributed by atoms with Crippen LogP contribution in [-0.4, -0.2) is 11.2 Å². The second kappa shape index (κ2) is 7.05. The molecule has 0 aliphatic carbocycles. The van der Waals surface area contributed by atoms with Crippen molar-refractivity contribution in [2.75, 3.05) is 0 Å². The zero-order valence-corrected chi connectivity index (χ0v) is 10.4. The Morgan fingerprint density at radius 1 is 1.29 bits per heavy atom. The quantitative estimate of drug-likeness (QED) is 0.644. The maximum atomic E-state index is 9.58. The number of aliphatic hydroxyl groups is 1.